The minimum absolute atomic E-state index is 0.116. The lowest BCUT2D eigenvalue weighted by Crippen LogP contribution is -2.53. The van der Waals surface area contributed by atoms with Crippen molar-refractivity contribution in [2.24, 2.45) is 7.05 Å². The molecule has 2 heterocycles. The van der Waals surface area contributed by atoms with Crippen molar-refractivity contribution in [1.82, 2.24) is 15.1 Å². The van der Waals surface area contributed by atoms with Gasteiger partial charge in [-0.25, -0.2) is 9.18 Å². The number of halogens is 1. The number of urea groups is 1. The number of carbonyl (C=O) groups is 2. The van der Waals surface area contributed by atoms with E-state index in [9.17, 15) is 14.0 Å². The van der Waals surface area contributed by atoms with Gasteiger partial charge in [-0.05, 0) is 31.4 Å². The first-order valence-corrected chi connectivity index (χ1v) is 8.09. The van der Waals surface area contributed by atoms with Gasteiger partial charge >= 0.3 is 6.03 Å². The van der Waals surface area contributed by atoms with Gasteiger partial charge in [0.15, 0.2) is 5.82 Å². The van der Waals surface area contributed by atoms with Crippen molar-refractivity contribution < 1.29 is 14.0 Å². The van der Waals surface area contributed by atoms with E-state index in [1.165, 1.54) is 6.07 Å². The number of piperidine rings is 1. The second kappa shape index (κ2) is 6.92. The van der Waals surface area contributed by atoms with Crippen LogP contribution in [0.1, 0.15) is 18.4 Å². The number of aryl methyl sites for hydroxylation is 2. The van der Waals surface area contributed by atoms with Crippen molar-refractivity contribution in [2.45, 2.75) is 25.8 Å². The largest absolute Gasteiger partial charge is 0.326 e. The highest BCUT2D eigenvalue weighted by Crippen LogP contribution is 2.21. The summed E-state index contributed by atoms with van der Waals surface area (Å²) in [5.74, 6) is -0.171. The number of hydrogen-bond donors (Lipinski definition) is 2. The number of rotatable bonds is 3. The van der Waals surface area contributed by atoms with Gasteiger partial charge in [-0.1, -0.05) is 12.1 Å². The van der Waals surface area contributed by atoms with E-state index in [2.05, 4.69) is 15.7 Å². The molecule has 3 amide bonds. The van der Waals surface area contributed by atoms with Gasteiger partial charge in [0.25, 0.3) is 5.91 Å². The Balaban J connectivity index is 1.67. The molecule has 25 heavy (non-hydrogen) atoms. The molecule has 0 radical (unpaired) electrons. The summed E-state index contributed by atoms with van der Waals surface area (Å²) in [6.07, 6.45) is 3.03. The number of nitrogens with one attached hydrogen (secondary N) is 2. The lowest BCUT2D eigenvalue weighted by Gasteiger charge is -2.31. The highest BCUT2D eigenvalue weighted by molar-refractivity contribution is 6.01. The van der Waals surface area contributed by atoms with E-state index in [-0.39, 0.29) is 11.6 Å². The van der Waals surface area contributed by atoms with Gasteiger partial charge in [0.05, 0.1) is 5.69 Å². The van der Waals surface area contributed by atoms with Crippen LogP contribution in [0.5, 0.6) is 0 Å². The molecule has 1 aliphatic heterocycles. The molecule has 1 aromatic heterocycles. The maximum Gasteiger partial charge on any atom is 0.319 e. The highest BCUT2D eigenvalue weighted by atomic mass is 19.1. The Morgan fingerprint density at radius 2 is 2.16 bits per heavy atom. The number of nitrogens with zero attached hydrogens (tertiary/aromatic N) is 3. The first-order valence-electron chi connectivity index (χ1n) is 8.09. The third kappa shape index (κ3) is 3.62. The van der Waals surface area contributed by atoms with E-state index < -0.39 is 17.9 Å². The summed E-state index contributed by atoms with van der Waals surface area (Å²) in [5.41, 5.74) is 0.727. The van der Waals surface area contributed by atoms with Crippen LogP contribution in [0.25, 0.3) is 0 Å². The minimum Gasteiger partial charge on any atom is -0.326 e. The second-order valence-electron chi connectivity index (χ2n) is 6.06. The van der Waals surface area contributed by atoms with Crippen LogP contribution in [0.3, 0.4) is 0 Å². The zero-order chi connectivity index (χ0) is 18.0. The third-order valence-electron chi connectivity index (χ3n) is 4.18. The van der Waals surface area contributed by atoms with Crippen molar-refractivity contribution in [1.29, 1.82) is 0 Å². The second-order valence-corrected chi connectivity index (χ2v) is 6.06. The Morgan fingerprint density at radius 1 is 1.36 bits per heavy atom. The SMILES string of the molecule is Cc1cccc(F)c1NC(=O)N[C@H]1CCCN(c2ccn(C)n2)C1=O. The summed E-state index contributed by atoms with van der Waals surface area (Å²) in [6, 6.07) is 5.04. The molecule has 132 valence electrons. The van der Waals surface area contributed by atoms with E-state index in [0.29, 0.717) is 24.3 Å². The maximum absolute atomic E-state index is 13.8. The molecule has 0 spiro atoms. The van der Waals surface area contributed by atoms with Gasteiger partial charge < -0.3 is 10.6 Å². The number of para-hydroxylation sites is 1. The lowest BCUT2D eigenvalue weighted by atomic mass is 10.1. The van der Waals surface area contributed by atoms with Gasteiger partial charge in [-0.2, -0.15) is 5.10 Å². The molecule has 8 heteroatoms. The van der Waals surface area contributed by atoms with E-state index in [1.54, 1.807) is 47.9 Å². The van der Waals surface area contributed by atoms with E-state index in [1.807, 2.05) is 0 Å². The fourth-order valence-electron chi connectivity index (χ4n) is 2.88. The van der Waals surface area contributed by atoms with Crippen LogP contribution in [-0.4, -0.2) is 34.3 Å². The van der Waals surface area contributed by atoms with Crippen molar-refractivity contribution in [3.05, 3.63) is 41.8 Å². The standard InChI is InChI=1S/C17H20FN5O2/c1-11-5-3-6-12(18)15(11)20-17(25)19-13-7-4-9-23(16(13)24)14-8-10-22(2)21-14/h3,5-6,8,10,13H,4,7,9H2,1-2H3,(H2,19,20,25)/t13-/m0/s1. The third-order valence-corrected chi connectivity index (χ3v) is 4.18. The number of carbonyl (C=O) groups excluding carboxylic acids is 2. The highest BCUT2D eigenvalue weighted by Gasteiger charge is 2.32. The van der Waals surface area contributed by atoms with Gasteiger partial charge in [-0.3, -0.25) is 14.4 Å². The minimum atomic E-state index is -0.664. The summed E-state index contributed by atoms with van der Waals surface area (Å²) in [5, 5.41) is 9.36. The van der Waals surface area contributed by atoms with Crippen LogP contribution in [0.15, 0.2) is 30.5 Å². The molecule has 0 unspecified atom stereocenters. The van der Waals surface area contributed by atoms with Crippen LogP contribution >= 0.6 is 0 Å². The molecule has 1 fully saturated rings. The first kappa shape index (κ1) is 16.9. The maximum atomic E-state index is 13.8. The summed E-state index contributed by atoms with van der Waals surface area (Å²) in [7, 11) is 1.78. The molecule has 1 atom stereocenters. The molecule has 0 aliphatic carbocycles. The van der Waals surface area contributed by atoms with Crippen molar-refractivity contribution in [3.63, 3.8) is 0 Å². The predicted octanol–water partition coefficient (Wildman–Crippen LogP) is 2.18. The van der Waals surface area contributed by atoms with Gasteiger partial charge in [-0.15, -0.1) is 0 Å². The van der Waals surface area contributed by atoms with E-state index in [0.717, 1.165) is 6.42 Å². The molecule has 2 N–H and O–H groups in total. The first-order chi connectivity index (χ1) is 12.0. The van der Waals surface area contributed by atoms with Crippen LogP contribution in [0.4, 0.5) is 20.7 Å². The number of benzene rings is 1. The number of hydrogen-bond acceptors (Lipinski definition) is 3. The van der Waals surface area contributed by atoms with Crippen molar-refractivity contribution >= 4 is 23.4 Å². The fraction of sp³-hybridized carbons (Fsp3) is 0.353. The summed E-state index contributed by atoms with van der Waals surface area (Å²) < 4.78 is 15.4. The zero-order valence-electron chi connectivity index (χ0n) is 14.1. The average Bonchev–Trinajstić information content (AvgIpc) is 2.99. The predicted molar refractivity (Wildman–Crippen MR) is 91.9 cm³/mol. The molecule has 1 saturated heterocycles. The quantitative estimate of drug-likeness (QED) is 0.895. The zero-order valence-corrected chi connectivity index (χ0v) is 14.1. The van der Waals surface area contributed by atoms with Crippen molar-refractivity contribution in [3.8, 4) is 0 Å². The topological polar surface area (TPSA) is 79.3 Å². The number of anilines is 2. The summed E-state index contributed by atoms with van der Waals surface area (Å²) >= 11 is 0. The summed E-state index contributed by atoms with van der Waals surface area (Å²) in [6.45, 7) is 2.26. The Morgan fingerprint density at radius 3 is 2.84 bits per heavy atom. The molecule has 0 bridgehead atoms. The van der Waals surface area contributed by atoms with Crippen LogP contribution in [0, 0.1) is 12.7 Å². The van der Waals surface area contributed by atoms with Crippen molar-refractivity contribution in [2.75, 3.05) is 16.8 Å². The van der Waals surface area contributed by atoms with Gasteiger partial charge in [0.2, 0.25) is 0 Å². The monoisotopic (exact) mass is 345 g/mol. The molecule has 1 aliphatic rings. The van der Waals surface area contributed by atoms with Crippen LogP contribution in [-0.2, 0) is 11.8 Å². The number of amides is 3. The Bertz CT molecular complexity index is 784. The smallest absolute Gasteiger partial charge is 0.319 e. The molecule has 0 saturated carbocycles. The molecule has 7 nitrogen and oxygen atoms in total. The average molecular weight is 345 g/mol. The van der Waals surface area contributed by atoms with E-state index >= 15 is 0 Å². The Hall–Kier alpha value is -2.90. The van der Waals surface area contributed by atoms with Crippen LogP contribution in [0.2, 0.25) is 0 Å². The molecular weight excluding hydrogens is 325 g/mol. The Kier molecular flexibility index (Phi) is 4.69. The Labute approximate surface area is 144 Å². The molecule has 3 rings (SSSR count). The van der Waals surface area contributed by atoms with E-state index in [4.69, 9.17) is 0 Å². The van der Waals surface area contributed by atoms with Crippen LogP contribution < -0.4 is 15.5 Å². The molecule has 1 aromatic carbocycles. The fourth-order valence-corrected chi connectivity index (χ4v) is 2.88. The molecular formula is C17H20FN5O2. The molecule has 2 aromatic rings. The summed E-state index contributed by atoms with van der Waals surface area (Å²) in [4.78, 5) is 26.4. The number of aromatic nitrogens is 2. The normalized spacial score (nSPS) is 17.5. The van der Waals surface area contributed by atoms with Gasteiger partial charge in [0, 0.05) is 25.9 Å². The van der Waals surface area contributed by atoms with Gasteiger partial charge in [0.1, 0.15) is 11.9 Å². The lowest BCUT2D eigenvalue weighted by molar-refractivity contribution is -0.121.